The predicted molar refractivity (Wildman–Crippen MR) is 99.0 cm³/mol. The van der Waals surface area contributed by atoms with Gasteiger partial charge >= 0.3 is 0 Å². The molecule has 1 heterocycles. The lowest BCUT2D eigenvalue weighted by Gasteiger charge is -2.24. The number of benzene rings is 1. The summed E-state index contributed by atoms with van der Waals surface area (Å²) in [6.45, 7) is 4.25. The molecular formula is C20H29N3O2. The van der Waals surface area contributed by atoms with Gasteiger partial charge in [0.25, 0.3) is 0 Å². The minimum absolute atomic E-state index is 0.00910. The van der Waals surface area contributed by atoms with Gasteiger partial charge in [-0.25, -0.2) is 0 Å². The van der Waals surface area contributed by atoms with Gasteiger partial charge in [-0.15, -0.1) is 0 Å². The molecule has 1 aromatic rings. The molecule has 0 spiro atoms. The number of anilines is 1. The van der Waals surface area contributed by atoms with Crippen LogP contribution in [-0.2, 0) is 16.1 Å². The van der Waals surface area contributed by atoms with Gasteiger partial charge in [-0.2, -0.15) is 0 Å². The van der Waals surface area contributed by atoms with E-state index < -0.39 is 0 Å². The van der Waals surface area contributed by atoms with E-state index in [0.29, 0.717) is 18.5 Å². The van der Waals surface area contributed by atoms with E-state index in [4.69, 9.17) is 0 Å². The molecule has 1 aliphatic heterocycles. The highest BCUT2D eigenvalue weighted by Gasteiger charge is 2.37. The van der Waals surface area contributed by atoms with E-state index in [2.05, 4.69) is 16.0 Å². The van der Waals surface area contributed by atoms with Crippen LogP contribution in [0.15, 0.2) is 24.3 Å². The fourth-order valence-electron chi connectivity index (χ4n) is 3.83. The SMILES string of the molecule is CC(C)C(=O)Nc1ccc(CNC(=O)C2CC3CCCCC3N2)cc1. The van der Waals surface area contributed by atoms with E-state index in [1.807, 2.05) is 38.1 Å². The van der Waals surface area contributed by atoms with Crippen LogP contribution in [0.4, 0.5) is 5.69 Å². The molecule has 3 rings (SSSR count). The topological polar surface area (TPSA) is 70.2 Å². The molecule has 0 radical (unpaired) electrons. The van der Waals surface area contributed by atoms with Gasteiger partial charge in [-0.1, -0.05) is 38.8 Å². The van der Waals surface area contributed by atoms with Crippen molar-refractivity contribution in [3.63, 3.8) is 0 Å². The summed E-state index contributed by atoms with van der Waals surface area (Å²) < 4.78 is 0. The average molecular weight is 343 g/mol. The number of carbonyl (C=O) groups is 2. The van der Waals surface area contributed by atoms with Gasteiger partial charge in [0.05, 0.1) is 6.04 Å². The normalized spacial score (nSPS) is 25.5. The van der Waals surface area contributed by atoms with Crippen LogP contribution in [0.5, 0.6) is 0 Å². The van der Waals surface area contributed by atoms with Gasteiger partial charge in [0.2, 0.25) is 11.8 Å². The van der Waals surface area contributed by atoms with Crippen molar-refractivity contribution in [3.8, 4) is 0 Å². The molecule has 136 valence electrons. The van der Waals surface area contributed by atoms with E-state index in [0.717, 1.165) is 17.7 Å². The summed E-state index contributed by atoms with van der Waals surface area (Å²) in [7, 11) is 0. The smallest absolute Gasteiger partial charge is 0.237 e. The molecule has 3 atom stereocenters. The molecule has 2 aliphatic rings. The summed E-state index contributed by atoms with van der Waals surface area (Å²) in [6.07, 6.45) is 6.01. The number of amides is 2. The maximum atomic E-state index is 12.4. The van der Waals surface area contributed by atoms with Crippen LogP contribution in [0.25, 0.3) is 0 Å². The lowest BCUT2D eigenvalue weighted by Crippen LogP contribution is -2.42. The third-order valence-corrected chi connectivity index (χ3v) is 5.39. The molecule has 1 saturated carbocycles. The molecular weight excluding hydrogens is 314 g/mol. The van der Waals surface area contributed by atoms with Crippen LogP contribution in [-0.4, -0.2) is 23.9 Å². The third-order valence-electron chi connectivity index (χ3n) is 5.39. The van der Waals surface area contributed by atoms with Gasteiger partial charge in [0, 0.05) is 24.2 Å². The van der Waals surface area contributed by atoms with Crippen molar-refractivity contribution >= 4 is 17.5 Å². The van der Waals surface area contributed by atoms with Crippen molar-refractivity contribution in [2.24, 2.45) is 11.8 Å². The van der Waals surface area contributed by atoms with Crippen LogP contribution in [0, 0.1) is 11.8 Å². The second kappa shape index (κ2) is 8.00. The van der Waals surface area contributed by atoms with Crippen molar-refractivity contribution < 1.29 is 9.59 Å². The van der Waals surface area contributed by atoms with Crippen molar-refractivity contribution in [3.05, 3.63) is 29.8 Å². The molecule has 1 aromatic carbocycles. The molecule has 3 N–H and O–H groups in total. The molecule has 1 saturated heterocycles. The Kier molecular flexibility index (Phi) is 5.74. The highest BCUT2D eigenvalue weighted by molar-refractivity contribution is 5.92. The second-order valence-corrected chi connectivity index (χ2v) is 7.66. The summed E-state index contributed by atoms with van der Waals surface area (Å²) in [5, 5.41) is 9.42. The third kappa shape index (κ3) is 4.60. The van der Waals surface area contributed by atoms with E-state index in [1.54, 1.807) is 0 Å². The molecule has 2 fully saturated rings. The Morgan fingerprint density at radius 3 is 2.56 bits per heavy atom. The van der Waals surface area contributed by atoms with Crippen molar-refractivity contribution in [1.29, 1.82) is 0 Å². The van der Waals surface area contributed by atoms with E-state index >= 15 is 0 Å². The maximum Gasteiger partial charge on any atom is 0.237 e. The molecule has 2 amide bonds. The second-order valence-electron chi connectivity index (χ2n) is 7.66. The first-order chi connectivity index (χ1) is 12.0. The number of nitrogens with one attached hydrogen (secondary N) is 3. The monoisotopic (exact) mass is 343 g/mol. The van der Waals surface area contributed by atoms with Crippen LogP contribution in [0.3, 0.4) is 0 Å². The Labute approximate surface area is 150 Å². The Morgan fingerprint density at radius 1 is 1.16 bits per heavy atom. The molecule has 3 unspecified atom stereocenters. The molecule has 5 heteroatoms. The Hall–Kier alpha value is -1.88. The summed E-state index contributed by atoms with van der Waals surface area (Å²) in [4.78, 5) is 24.1. The Morgan fingerprint density at radius 2 is 1.88 bits per heavy atom. The van der Waals surface area contributed by atoms with Crippen molar-refractivity contribution in [2.75, 3.05) is 5.32 Å². The standard InChI is InChI=1S/C20H29N3O2/c1-13(2)19(24)22-16-9-7-14(8-10-16)12-21-20(25)18-11-15-5-3-4-6-17(15)23-18/h7-10,13,15,17-18,23H,3-6,11-12H2,1-2H3,(H,21,25)(H,22,24). The maximum absolute atomic E-state index is 12.4. The summed E-state index contributed by atoms with van der Waals surface area (Å²) in [5.41, 5.74) is 1.82. The quantitative estimate of drug-likeness (QED) is 0.770. The highest BCUT2D eigenvalue weighted by Crippen LogP contribution is 2.33. The fraction of sp³-hybridized carbons (Fsp3) is 0.600. The molecule has 0 aromatic heterocycles. The van der Waals surface area contributed by atoms with Crippen molar-refractivity contribution in [2.45, 2.75) is 64.6 Å². The minimum Gasteiger partial charge on any atom is -0.351 e. The van der Waals surface area contributed by atoms with E-state index in [-0.39, 0.29) is 23.8 Å². The van der Waals surface area contributed by atoms with Gasteiger partial charge in [0.1, 0.15) is 0 Å². The first kappa shape index (κ1) is 17.9. The summed E-state index contributed by atoms with van der Waals surface area (Å²) in [6, 6.07) is 8.14. The highest BCUT2D eigenvalue weighted by atomic mass is 16.2. The molecule has 0 bridgehead atoms. The van der Waals surface area contributed by atoms with Gasteiger partial charge in [0.15, 0.2) is 0 Å². The largest absolute Gasteiger partial charge is 0.351 e. The zero-order valence-electron chi connectivity index (χ0n) is 15.2. The minimum atomic E-state index is -0.0438. The molecule has 5 nitrogen and oxygen atoms in total. The number of carbonyl (C=O) groups excluding carboxylic acids is 2. The summed E-state index contributed by atoms with van der Waals surface area (Å²) in [5.74, 6) is 0.747. The number of hydrogen-bond donors (Lipinski definition) is 3. The van der Waals surface area contributed by atoms with Gasteiger partial charge < -0.3 is 16.0 Å². The van der Waals surface area contributed by atoms with Crippen LogP contribution in [0.2, 0.25) is 0 Å². The van der Waals surface area contributed by atoms with E-state index in [9.17, 15) is 9.59 Å². The Bertz CT molecular complexity index is 598. The summed E-state index contributed by atoms with van der Waals surface area (Å²) >= 11 is 0. The van der Waals surface area contributed by atoms with Crippen LogP contribution < -0.4 is 16.0 Å². The number of hydrogen-bond acceptors (Lipinski definition) is 3. The predicted octanol–water partition coefficient (Wildman–Crippen LogP) is 2.82. The first-order valence-corrected chi connectivity index (χ1v) is 9.46. The first-order valence-electron chi connectivity index (χ1n) is 9.46. The van der Waals surface area contributed by atoms with Gasteiger partial charge in [-0.05, 0) is 42.9 Å². The zero-order chi connectivity index (χ0) is 17.8. The molecule has 1 aliphatic carbocycles. The van der Waals surface area contributed by atoms with Gasteiger partial charge in [-0.3, -0.25) is 9.59 Å². The average Bonchev–Trinajstić information content (AvgIpc) is 3.05. The zero-order valence-corrected chi connectivity index (χ0v) is 15.2. The lowest BCUT2D eigenvalue weighted by atomic mass is 9.85. The van der Waals surface area contributed by atoms with E-state index in [1.165, 1.54) is 25.7 Å². The fourth-order valence-corrected chi connectivity index (χ4v) is 3.83. The van der Waals surface area contributed by atoms with Crippen LogP contribution >= 0.6 is 0 Å². The number of fused-ring (bicyclic) bond motifs is 1. The number of rotatable bonds is 5. The van der Waals surface area contributed by atoms with Crippen LogP contribution in [0.1, 0.15) is 51.5 Å². The lowest BCUT2D eigenvalue weighted by molar-refractivity contribution is -0.123. The van der Waals surface area contributed by atoms with Crippen molar-refractivity contribution in [1.82, 2.24) is 10.6 Å². The molecule has 25 heavy (non-hydrogen) atoms. The Balaban J connectivity index is 1.47.